The van der Waals surface area contributed by atoms with E-state index in [2.05, 4.69) is 10.6 Å². The van der Waals surface area contributed by atoms with E-state index in [1.807, 2.05) is 32.8 Å². The van der Waals surface area contributed by atoms with E-state index in [1.54, 1.807) is 38.2 Å². The summed E-state index contributed by atoms with van der Waals surface area (Å²) >= 11 is 0. The van der Waals surface area contributed by atoms with Crippen LogP contribution in [-0.4, -0.2) is 98.0 Å². The van der Waals surface area contributed by atoms with E-state index < -0.39 is 42.3 Å². The van der Waals surface area contributed by atoms with Gasteiger partial charge in [0.15, 0.2) is 6.10 Å². The topological polar surface area (TPSA) is 176 Å². The molecule has 2 rings (SSSR count). The molecule has 0 spiro atoms. The van der Waals surface area contributed by atoms with E-state index in [4.69, 9.17) is 19.9 Å². The molecule has 0 unspecified atom stereocenters. The fourth-order valence-corrected chi connectivity index (χ4v) is 5.21. The number of phenolic OH excluding ortho intramolecular Hbond substituents is 2. The number of benzene rings is 1. The Hall–Kier alpha value is -3.58. The molecule has 2 bridgehead atoms. The number of ether oxygens (including phenoxy) is 3. The molecule has 0 radical (unpaired) electrons. The number of nitrogens with two attached hydrogens (primary N) is 1. The van der Waals surface area contributed by atoms with Crippen molar-refractivity contribution in [1.82, 2.24) is 4.90 Å². The summed E-state index contributed by atoms with van der Waals surface area (Å²) in [6.07, 6.45) is 3.10. The monoisotopic (exact) mass is 618 g/mol. The molecule has 0 saturated heterocycles. The van der Waals surface area contributed by atoms with Gasteiger partial charge in [0.1, 0.15) is 17.6 Å². The minimum Gasteiger partial charge on any atom is -0.506 e. The molecular formula is C32H50N4O8. The number of aliphatic hydroxyl groups excluding tert-OH is 1. The SMILES string of the molecule is CO[C@H]1/C=C\C=C(/C)C(=O)Nc2cc(O)c(NCCN(C)C)c(c2O)C[C@@H](C)C[C@H](OC)[C@H](O)[C@@H](C)/C=C(\C)[C@@H]1OC(N)=O. The zero-order valence-corrected chi connectivity index (χ0v) is 27.1. The summed E-state index contributed by atoms with van der Waals surface area (Å²) in [5, 5.41) is 39.6. The number of aromatic hydroxyl groups is 2. The number of hydrogen-bond acceptors (Lipinski definition) is 10. The number of fused-ring (bicyclic) bond motifs is 2. The van der Waals surface area contributed by atoms with Gasteiger partial charge in [-0.1, -0.05) is 38.2 Å². The number of anilines is 2. The number of amides is 2. The number of rotatable bonds is 7. The molecule has 0 fully saturated rings. The van der Waals surface area contributed by atoms with E-state index in [0.29, 0.717) is 48.3 Å². The highest BCUT2D eigenvalue weighted by molar-refractivity contribution is 6.04. The Kier molecular flexibility index (Phi) is 14.2. The Bertz CT molecular complexity index is 1230. The quantitative estimate of drug-likeness (QED) is 0.151. The first-order chi connectivity index (χ1) is 20.7. The van der Waals surface area contributed by atoms with Gasteiger partial charge in [0, 0.05) is 50.4 Å². The van der Waals surface area contributed by atoms with Gasteiger partial charge in [0.05, 0.1) is 23.6 Å². The number of phenols is 2. The van der Waals surface area contributed by atoms with Crippen LogP contribution in [0.15, 0.2) is 41.5 Å². The van der Waals surface area contributed by atoms with Crippen molar-refractivity contribution < 1.29 is 39.1 Å². The predicted octanol–water partition coefficient (Wildman–Crippen LogP) is 3.53. The number of nitrogens with zero attached hydrogens (tertiary/aromatic N) is 1. The van der Waals surface area contributed by atoms with Crippen molar-refractivity contribution in [2.75, 3.05) is 52.0 Å². The zero-order valence-electron chi connectivity index (χ0n) is 27.1. The summed E-state index contributed by atoms with van der Waals surface area (Å²) < 4.78 is 16.7. The molecule has 0 aromatic heterocycles. The number of carbonyl (C=O) groups excluding carboxylic acids is 2. The van der Waals surface area contributed by atoms with E-state index >= 15 is 0 Å². The van der Waals surface area contributed by atoms with Gasteiger partial charge in [0.2, 0.25) is 0 Å². The van der Waals surface area contributed by atoms with Crippen LogP contribution in [-0.2, 0) is 25.4 Å². The molecule has 1 aromatic rings. The summed E-state index contributed by atoms with van der Waals surface area (Å²) in [4.78, 5) is 26.8. The Morgan fingerprint density at radius 1 is 1.18 bits per heavy atom. The normalized spacial score (nSPS) is 28.7. The molecular weight excluding hydrogens is 568 g/mol. The lowest BCUT2D eigenvalue weighted by molar-refractivity contribution is -0.112. The van der Waals surface area contributed by atoms with Crippen LogP contribution in [0.2, 0.25) is 0 Å². The lowest BCUT2D eigenvalue weighted by Crippen LogP contribution is -2.37. The maximum Gasteiger partial charge on any atom is 0.405 e. The first kappa shape index (κ1) is 36.6. The number of methoxy groups -OCH3 is 2. The van der Waals surface area contributed by atoms with Crippen LogP contribution in [0, 0.1) is 11.8 Å². The van der Waals surface area contributed by atoms with E-state index in [0.717, 1.165) is 0 Å². The van der Waals surface area contributed by atoms with Crippen LogP contribution in [0.1, 0.15) is 39.7 Å². The Morgan fingerprint density at radius 3 is 2.45 bits per heavy atom. The summed E-state index contributed by atoms with van der Waals surface area (Å²) in [5.41, 5.74) is 7.15. The van der Waals surface area contributed by atoms with Crippen molar-refractivity contribution in [1.29, 1.82) is 0 Å². The molecule has 1 aliphatic heterocycles. The molecule has 2 amide bonds. The largest absolute Gasteiger partial charge is 0.506 e. The first-order valence-corrected chi connectivity index (χ1v) is 14.7. The smallest absolute Gasteiger partial charge is 0.405 e. The van der Waals surface area contributed by atoms with Gasteiger partial charge in [-0.05, 0) is 52.3 Å². The highest BCUT2D eigenvalue weighted by atomic mass is 16.6. The number of likely N-dealkylation sites (N-methyl/N-ethyl adjacent to an activating group) is 1. The number of aliphatic hydroxyl groups is 1. The van der Waals surface area contributed by atoms with Crippen LogP contribution in [0.4, 0.5) is 16.2 Å². The van der Waals surface area contributed by atoms with Gasteiger partial charge >= 0.3 is 6.09 Å². The number of primary amides is 1. The average molecular weight is 619 g/mol. The highest BCUT2D eigenvalue weighted by Gasteiger charge is 2.30. The maximum absolute atomic E-state index is 13.1. The Morgan fingerprint density at radius 2 is 1.86 bits per heavy atom. The summed E-state index contributed by atoms with van der Waals surface area (Å²) in [5.74, 6) is -1.32. The van der Waals surface area contributed by atoms with Gasteiger partial charge in [0.25, 0.3) is 5.91 Å². The van der Waals surface area contributed by atoms with Crippen molar-refractivity contribution in [2.45, 2.75) is 65.0 Å². The van der Waals surface area contributed by atoms with Crippen LogP contribution in [0.25, 0.3) is 0 Å². The van der Waals surface area contributed by atoms with Crippen molar-refractivity contribution in [3.8, 4) is 11.5 Å². The standard InChI is InChI=1S/C32H50N4O8/c1-18-14-22-27(34-12-13-36(5)6)24(37)17-23(29(22)39)35-31(40)19(2)10-9-11-25(42-7)30(44-32(33)41)21(4)16-20(3)28(38)26(15-18)43-8/h9-11,16-18,20,25-26,28,30,34,37-39H,12-15H2,1-8H3,(H2,33,41)(H,35,40)/b11-9-,19-10+,21-16+/t18-,20+,25+,26+,28-,30+/m1/s1. The minimum atomic E-state index is -0.986. The molecule has 1 aromatic carbocycles. The van der Waals surface area contributed by atoms with Gasteiger partial charge in [-0.3, -0.25) is 4.79 Å². The van der Waals surface area contributed by atoms with Crippen LogP contribution < -0.4 is 16.4 Å². The zero-order chi connectivity index (χ0) is 33.1. The number of hydrogen-bond donors (Lipinski definition) is 6. The molecule has 44 heavy (non-hydrogen) atoms. The summed E-state index contributed by atoms with van der Waals surface area (Å²) in [6, 6.07) is 1.32. The molecule has 1 aliphatic rings. The molecule has 6 atom stereocenters. The molecule has 0 saturated carbocycles. The summed E-state index contributed by atoms with van der Waals surface area (Å²) in [7, 11) is 6.83. The second-order valence-electron chi connectivity index (χ2n) is 11.7. The number of nitrogens with one attached hydrogen (secondary N) is 2. The lowest BCUT2D eigenvalue weighted by Gasteiger charge is -2.29. The van der Waals surface area contributed by atoms with Gasteiger partial charge < -0.3 is 50.8 Å². The highest BCUT2D eigenvalue weighted by Crippen LogP contribution is 2.42. The van der Waals surface area contributed by atoms with E-state index in [-0.39, 0.29) is 23.1 Å². The molecule has 7 N–H and O–H groups in total. The van der Waals surface area contributed by atoms with Gasteiger partial charge in [-0.2, -0.15) is 0 Å². The average Bonchev–Trinajstić information content (AvgIpc) is 2.95. The fourth-order valence-electron chi connectivity index (χ4n) is 5.21. The van der Waals surface area contributed by atoms with Crippen molar-refractivity contribution in [3.05, 3.63) is 47.1 Å². The Labute approximate surface area is 260 Å². The van der Waals surface area contributed by atoms with Crippen molar-refractivity contribution in [2.24, 2.45) is 17.6 Å². The fraction of sp³-hybridized carbons (Fsp3) is 0.562. The molecule has 1 heterocycles. The number of allylic oxidation sites excluding steroid dienone is 2. The Balaban J connectivity index is 2.65. The molecule has 0 aliphatic carbocycles. The molecule has 12 heteroatoms. The minimum absolute atomic E-state index is 0.0592. The predicted molar refractivity (Wildman–Crippen MR) is 171 cm³/mol. The number of carbonyl (C=O) groups is 2. The lowest BCUT2D eigenvalue weighted by atomic mass is 9.87. The molecule has 12 nitrogen and oxygen atoms in total. The van der Waals surface area contributed by atoms with Crippen LogP contribution in [0.5, 0.6) is 11.5 Å². The third-order valence-corrected chi connectivity index (χ3v) is 7.69. The van der Waals surface area contributed by atoms with E-state index in [9.17, 15) is 24.9 Å². The third-order valence-electron chi connectivity index (χ3n) is 7.69. The second-order valence-corrected chi connectivity index (χ2v) is 11.7. The van der Waals surface area contributed by atoms with Gasteiger partial charge in [-0.25, -0.2) is 4.79 Å². The maximum atomic E-state index is 13.1. The third kappa shape index (κ3) is 10.3. The van der Waals surface area contributed by atoms with Crippen molar-refractivity contribution >= 4 is 23.4 Å². The van der Waals surface area contributed by atoms with Crippen molar-refractivity contribution in [3.63, 3.8) is 0 Å². The molecule has 246 valence electrons. The van der Waals surface area contributed by atoms with Gasteiger partial charge in [-0.15, -0.1) is 0 Å². The second kappa shape index (κ2) is 17.0. The summed E-state index contributed by atoms with van der Waals surface area (Å²) in [6.45, 7) is 8.32. The first-order valence-electron chi connectivity index (χ1n) is 14.7. The van der Waals surface area contributed by atoms with E-state index in [1.165, 1.54) is 20.3 Å². The van der Waals surface area contributed by atoms with Crippen LogP contribution >= 0.6 is 0 Å². The van der Waals surface area contributed by atoms with Crippen LogP contribution in [0.3, 0.4) is 0 Å².